The Bertz CT molecular complexity index is 841. The average molecular weight is 308 g/mol. The molecular formula is C21H18F2. The van der Waals surface area contributed by atoms with E-state index in [-0.39, 0.29) is 0 Å². The molecule has 0 nitrogen and oxygen atoms in total. The normalized spacial score (nSPS) is 10.7. The first-order valence-electron chi connectivity index (χ1n) is 7.81. The van der Waals surface area contributed by atoms with Crippen molar-refractivity contribution in [2.45, 2.75) is 19.8 Å². The summed E-state index contributed by atoms with van der Waals surface area (Å²) < 4.78 is 24.7. The van der Waals surface area contributed by atoms with E-state index in [4.69, 9.17) is 0 Å². The highest BCUT2D eigenvalue weighted by Gasteiger charge is 2.02. The summed E-state index contributed by atoms with van der Waals surface area (Å²) in [7, 11) is 0. The lowest BCUT2D eigenvalue weighted by molar-refractivity contribution is 0.429. The number of hydrogen-bond acceptors (Lipinski definition) is 0. The molecule has 0 aliphatic carbocycles. The lowest BCUT2D eigenvalue weighted by Crippen LogP contribution is -1.84. The van der Waals surface area contributed by atoms with E-state index in [2.05, 4.69) is 37.3 Å². The SMILES string of the molecule is CCCc1ccc(-c2ccc3cc(C=C(F)F)ccc3c2)cc1. The molecule has 2 heteroatoms. The lowest BCUT2D eigenvalue weighted by atomic mass is 9.98. The van der Waals surface area contributed by atoms with E-state index >= 15 is 0 Å². The Labute approximate surface area is 135 Å². The standard InChI is InChI=1S/C21H18F2/c1-2-3-15-4-7-17(8-5-15)19-11-10-18-12-16(13-21(22)23)6-9-20(18)14-19/h4-14H,2-3H2,1H3. The van der Waals surface area contributed by atoms with Crippen LogP contribution in [-0.4, -0.2) is 0 Å². The van der Waals surface area contributed by atoms with E-state index < -0.39 is 6.08 Å². The lowest BCUT2D eigenvalue weighted by Gasteiger charge is -2.06. The number of rotatable bonds is 4. The second-order valence-electron chi connectivity index (χ2n) is 5.70. The Morgan fingerprint density at radius 2 is 1.48 bits per heavy atom. The highest BCUT2D eigenvalue weighted by Crippen LogP contribution is 2.26. The van der Waals surface area contributed by atoms with Gasteiger partial charge in [0.05, 0.1) is 0 Å². The van der Waals surface area contributed by atoms with Crippen molar-refractivity contribution < 1.29 is 8.78 Å². The van der Waals surface area contributed by atoms with Crippen LogP contribution in [0, 0.1) is 0 Å². The van der Waals surface area contributed by atoms with E-state index in [1.165, 1.54) is 11.1 Å². The van der Waals surface area contributed by atoms with Crippen LogP contribution in [0.5, 0.6) is 0 Å². The van der Waals surface area contributed by atoms with Gasteiger partial charge in [0.25, 0.3) is 6.08 Å². The zero-order chi connectivity index (χ0) is 16.2. The average Bonchev–Trinajstić information content (AvgIpc) is 2.55. The topological polar surface area (TPSA) is 0 Å². The van der Waals surface area contributed by atoms with Crippen molar-refractivity contribution >= 4 is 16.8 Å². The summed E-state index contributed by atoms with van der Waals surface area (Å²) in [5.74, 6) is 0. The first-order valence-corrected chi connectivity index (χ1v) is 7.81. The fraction of sp³-hybridized carbons (Fsp3) is 0.143. The Kier molecular flexibility index (Phi) is 4.52. The molecule has 0 saturated carbocycles. The van der Waals surface area contributed by atoms with Crippen LogP contribution >= 0.6 is 0 Å². The third-order valence-corrected chi connectivity index (χ3v) is 3.97. The predicted octanol–water partition coefficient (Wildman–Crippen LogP) is 6.70. The number of halogens is 2. The van der Waals surface area contributed by atoms with Gasteiger partial charge < -0.3 is 0 Å². The third-order valence-electron chi connectivity index (χ3n) is 3.97. The second kappa shape index (κ2) is 6.74. The Hall–Kier alpha value is -2.48. The summed E-state index contributed by atoms with van der Waals surface area (Å²) in [5, 5.41) is 2.02. The molecule has 23 heavy (non-hydrogen) atoms. The Morgan fingerprint density at radius 3 is 2.17 bits per heavy atom. The highest BCUT2D eigenvalue weighted by atomic mass is 19.3. The molecule has 3 rings (SSSR count). The molecule has 0 heterocycles. The second-order valence-corrected chi connectivity index (χ2v) is 5.70. The molecule has 0 bridgehead atoms. The minimum absolute atomic E-state index is 0.522. The largest absolute Gasteiger partial charge is 0.270 e. The maximum absolute atomic E-state index is 12.4. The van der Waals surface area contributed by atoms with E-state index in [9.17, 15) is 8.78 Å². The van der Waals surface area contributed by atoms with Crippen molar-refractivity contribution in [2.75, 3.05) is 0 Å². The van der Waals surface area contributed by atoms with Crippen LogP contribution in [0.1, 0.15) is 24.5 Å². The van der Waals surface area contributed by atoms with E-state index in [0.29, 0.717) is 5.56 Å². The highest BCUT2D eigenvalue weighted by molar-refractivity contribution is 5.89. The maximum atomic E-state index is 12.4. The van der Waals surface area contributed by atoms with Gasteiger partial charge in [0.2, 0.25) is 0 Å². The molecule has 3 aromatic rings. The number of fused-ring (bicyclic) bond motifs is 1. The van der Waals surface area contributed by atoms with Crippen molar-refractivity contribution in [1.29, 1.82) is 0 Å². The quantitative estimate of drug-likeness (QED) is 0.503. The minimum Gasteiger partial charge on any atom is -0.173 e. The molecule has 3 aromatic carbocycles. The summed E-state index contributed by atoms with van der Waals surface area (Å²) in [6.07, 6.45) is 1.46. The summed E-state index contributed by atoms with van der Waals surface area (Å²) in [6.45, 7) is 2.18. The first kappa shape index (κ1) is 15.4. The summed E-state index contributed by atoms with van der Waals surface area (Å²) in [6, 6.07) is 20.1. The molecule has 0 fully saturated rings. The molecule has 0 N–H and O–H groups in total. The van der Waals surface area contributed by atoms with Crippen LogP contribution in [-0.2, 0) is 6.42 Å². The monoisotopic (exact) mass is 308 g/mol. The number of hydrogen-bond donors (Lipinski definition) is 0. The zero-order valence-electron chi connectivity index (χ0n) is 13.0. The van der Waals surface area contributed by atoms with Gasteiger partial charge in [-0.2, -0.15) is 8.78 Å². The van der Waals surface area contributed by atoms with Crippen LogP contribution in [0.3, 0.4) is 0 Å². The number of aryl methyl sites for hydroxylation is 1. The fourth-order valence-electron chi connectivity index (χ4n) is 2.81. The molecule has 0 aromatic heterocycles. The molecule has 0 radical (unpaired) electrons. The molecule has 0 spiro atoms. The molecule has 0 aliphatic rings. The van der Waals surface area contributed by atoms with Crippen LogP contribution in [0.25, 0.3) is 28.0 Å². The summed E-state index contributed by atoms with van der Waals surface area (Å²) >= 11 is 0. The van der Waals surface area contributed by atoms with Gasteiger partial charge in [0.15, 0.2) is 0 Å². The van der Waals surface area contributed by atoms with Crippen molar-refractivity contribution in [3.05, 3.63) is 77.9 Å². The van der Waals surface area contributed by atoms with Gasteiger partial charge in [-0.05, 0) is 51.6 Å². The van der Waals surface area contributed by atoms with Crippen LogP contribution in [0.15, 0.2) is 66.7 Å². The van der Waals surface area contributed by atoms with E-state index in [0.717, 1.165) is 35.3 Å². The fourth-order valence-corrected chi connectivity index (χ4v) is 2.81. The molecule has 0 saturated heterocycles. The molecular weight excluding hydrogens is 290 g/mol. The Morgan fingerprint density at radius 1 is 0.826 bits per heavy atom. The number of benzene rings is 3. The van der Waals surface area contributed by atoms with Gasteiger partial charge in [-0.1, -0.05) is 61.9 Å². The van der Waals surface area contributed by atoms with Crippen molar-refractivity contribution in [1.82, 2.24) is 0 Å². The smallest absolute Gasteiger partial charge is 0.173 e. The Balaban J connectivity index is 1.95. The molecule has 0 amide bonds. The van der Waals surface area contributed by atoms with Gasteiger partial charge in [0, 0.05) is 6.08 Å². The van der Waals surface area contributed by atoms with Gasteiger partial charge >= 0.3 is 0 Å². The molecule has 0 aliphatic heterocycles. The molecule has 0 unspecified atom stereocenters. The van der Waals surface area contributed by atoms with Crippen molar-refractivity contribution in [3.8, 4) is 11.1 Å². The first-order chi connectivity index (χ1) is 11.2. The van der Waals surface area contributed by atoms with Gasteiger partial charge in [-0.25, -0.2) is 0 Å². The van der Waals surface area contributed by atoms with Gasteiger partial charge in [0.1, 0.15) is 0 Å². The van der Waals surface area contributed by atoms with Crippen molar-refractivity contribution in [3.63, 3.8) is 0 Å². The van der Waals surface area contributed by atoms with Crippen LogP contribution in [0.4, 0.5) is 8.78 Å². The summed E-state index contributed by atoms with van der Waals surface area (Å²) in [5.41, 5.74) is 4.18. The van der Waals surface area contributed by atoms with Gasteiger partial charge in [-0.15, -0.1) is 0 Å². The van der Waals surface area contributed by atoms with Crippen LogP contribution < -0.4 is 0 Å². The van der Waals surface area contributed by atoms with Gasteiger partial charge in [-0.3, -0.25) is 0 Å². The van der Waals surface area contributed by atoms with Crippen molar-refractivity contribution in [2.24, 2.45) is 0 Å². The summed E-state index contributed by atoms with van der Waals surface area (Å²) in [4.78, 5) is 0. The van der Waals surface area contributed by atoms with E-state index in [1.54, 1.807) is 12.1 Å². The van der Waals surface area contributed by atoms with Crippen LogP contribution in [0.2, 0.25) is 0 Å². The zero-order valence-corrected chi connectivity index (χ0v) is 13.0. The minimum atomic E-state index is -1.67. The maximum Gasteiger partial charge on any atom is 0.270 e. The van der Waals surface area contributed by atoms with E-state index in [1.807, 2.05) is 18.2 Å². The predicted molar refractivity (Wildman–Crippen MR) is 93.6 cm³/mol. The molecule has 0 atom stereocenters. The third kappa shape index (κ3) is 3.65. The molecule has 116 valence electrons.